The van der Waals surface area contributed by atoms with Crippen molar-refractivity contribution in [3.05, 3.63) is 41.6 Å². The molecule has 2 heterocycles. The van der Waals surface area contributed by atoms with Crippen molar-refractivity contribution in [2.75, 3.05) is 4.90 Å². The highest BCUT2D eigenvalue weighted by Gasteiger charge is 2.43. The van der Waals surface area contributed by atoms with E-state index in [-0.39, 0.29) is 47.4 Å². The van der Waals surface area contributed by atoms with E-state index in [2.05, 4.69) is 21.2 Å². The minimum absolute atomic E-state index is 0. The number of amides is 2. The maximum absolute atomic E-state index is 13.5. The number of carbonyl (C=O) groups excluding carboxylic acids is 2. The van der Waals surface area contributed by atoms with Crippen molar-refractivity contribution in [1.82, 2.24) is 15.5 Å². The molecule has 1 aliphatic rings. The molecule has 194 valence electrons. The van der Waals surface area contributed by atoms with Crippen molar-refractivity contribution in [1.29, 1.82) is 0 Å². The third-order valence-corrected chi connectivity index (χ3v) is 6.34. The Labute approximate surface area is 213 Å². The predicted molar refractivity (Wildman–Crippen MR) is 128 cm³/mol. The summed E-state index contributed by atoms with van der Waals surface area (Å²) in [7, 11) is 0. The fourth-order valence-corrected chi connectivity index (χ4v) is 4.01. The summed E-state index contributed by atoms with van der Waals surface area (Å²) < 4.78 is 5.72. The number of hydrogen-bond acceptors (Lipinski definition) is 6. The Morgan fingerprint density at radius 3 is 2.31 bits per heavy atom. The van der Waals surface area contributed by atoms with Gasteiger partial charge in [0.15, 0.2) is 12.1 Å². The van der Waals surface area contributed by atoms with Gasteiger partial charge >= 0.3 is 0 Å². The number of para-hydroxylation sites is 1. The first kappa shape index (κ1) is 28.7. The first-order valence-electron chi connectivity index (χ1n) is 11.9. The summed E-state index contributed by atoms with van der Waals surface area (Å²) in [5.41, 5.74) is 5.34. The highest BCUT2D eigenvalue weighted by molar-refractivity contribution is 6.05. The number of halogens is 1. The van der Waals surface area contributed by atoms with Crippen LogP contribution in [-0.2, 0) is 21.4 Å². The molecular formula is C25H38ClN5O4. The Bertz CT molecular complexity index is 1030. The second kappa shape index (κ2) is 11.1. The van der Waals surface area contributed by atoms with E-state index in [4.69, 9.17) is 4.42 Å². The summed E-state index contributed by atoms with van der Waals surface area (Å²) in [5, 5.41) is 22.1. The standard InChI is InChI=1S/C25H37N5O4.ClH/c1-13(2)18(26)23(33)30-16-11-9-8-10-15(16)12-17(30)21(32)27-19(14(3)4)20(31)22-28-29-24(34-22)25(5,6)7;/h8-11,13-14,17-20,31H,12,26H2,1-7H3,(H,27,32);1H/t17-,18-,19-,20?;/m0./s1. The molecule has 1 aromatic heterocycles. The lowest BCUT2D eigenvalue weighted by molar-refractivity contribution is -0.413. The lowest BCUT2D eigenvalue weighted by Gasteiger charge is -2.31. The zero-order valence-electron chi connectivity index (χ0n) is 21.6. The Kier molecular flexibility index (Phi) is 9.08. The van der Waals surface area contributed by atoms with Gasteiger partial charge in [-0.15, -0.1) is 10.2 Å². The Morgan fingerprint density at radius 1 is 1.14 bits per heavy atom. The maximum Gasteiger partial charge on any atom is 0.286 e. The van der Waals surface area contributed by atoms with Gasteiger partial charge in [-0.25, -0.2) is 0 Å². The zero-order chi connectivity index (χ0) is 25.4. The van der Waals surface area contributed by atoms with Crippen molar-refractivity contribution in [3.8, 4) is 0 Å². The van der Waals surface area contributed by atoms with Crippen molar-refractivity contribution in [2.24, 2.45) is 11.8 Å². The number of aliphatic hydroxyl groups excluding tert-OH is 1. The fourth-order valence-electron chi connectivity index (χ4n) is 4.01. The minimum Gasteiger partial charge on any atom is -1.00 e. The summed E-state index contributed by atoms with van der Waals surface area (Å²) in [6, 6.07) is 5.65. The van der Waals surface area contributed by atoms with E-state index in [9.17, 15) is 14.7 Å². The van der Waals surface area contributed by atoms with Crippen LogP contribution in [0.25, 0.3) is 0 Å². The molecule has 35 heavy (non-hydrogen) atoms. The number of benzene rings is 1. The van der Waals surface area contributed by atoms with Gasteiger partial charge in [0.1, 0.15) is 6.04 Å². The predicted octanol–water partition coefficient (Wildman–Crippen LogP) is -1.23. The molecule has 0 saturated carbocycles. The first-order chi connectivity index (χ1) is 15.8. The van der Waals surface area contributed by atoms with Crippen LogP contribution in [0.5, 0.6) is 0 Å². The number of aliphatic hydroxyl groups is 1. The van der Waals surface area contributed by atoms with E-state index in [0.717, 1.165) is 11.3 Å². The highest BCUT2D eigenvalue weighted by Crippen LogP contribution is 2.33. The van der Waals surface area contributed by atoms with E-state index in [1.54, 1.807) is 4.90 Å². The highest BCUT2D eigenvalue weighted by atomic mass is 35.5. The molecule has 9 nitrogen and oxygen atoms in total. The summed E-state index contributed by atoms with van der Waals surface area (Å²) in [6.45, 7) is 13.5. The van der Waals surface area contributed by atoms with Crippen LogP contribution in [0.15, 0.2) is 28.7 Å². The fraction of sp³-hybridized carbons (Fsp3) is 0.600. The van der Waals surface area contributed by atoms with Crippen LogP contribution in [0.2, 0.25) is 0 Å². The van der Waals surface area contributed by atoms with Crippen LogP contribution < -0.4 is 28.4 Å². The lowest BCUT2D eigenvalue weighted by Crippen LogP contribution is -3.00. The van der Waals surface area contributed by atoms with Crippen LogP contribution in [0.1, 0.15) is 71.9 Å². The van der Waals surface area contributed by atoms with Gasteiger partial charge in [-0.1, -0.05) is 66.7 Å². The normalized spacial score (nSPS) is 18.1. The number of carbonyl (C=O) groups is 2. The quantitative estimate of drug-likeness (QED) is 0.429. The third kappa shape index (κ3) is 6.02. The topological polar surface area (TPSA) is 136 Å². The van der Waals surface area contributed by atoms with Gasteiger partial charge in [-0.3, -0.25) is 14.5 Å². The number of anilines is 1. The van der Waals surface area contributed by atoms with Gasteiger partial charge in [-0.05, 0) is 17.5 Å². The molecule has 0 fully saturated rings. The van der Waals surface area contributed by atoms with E-state index in [0.29, 0.717) is 12.3 Å². The van der Waals surface area contributed by atoms with E-state index >= 15 is 0 Å². The molecule has 0 spiro atoms. The van der Waals surface area contributed by atoms with Gasteiger partial charge in [0.2, 0.25) is 17.7 Å². The van der Waals surface area contributed by atoms with E-state index in [1.807, 2.05) is 72.7 Å². The van der Waals surface area contributed by atoms with Gasteiger partial charge in [0.05, 0.1) is 6.04 Å². The second-order valence-corrected chi connectivity index (χ2v) is 10.8. The number of rotatable bonds is 7. The number of fused-ring (bicyclic) bond motifs is 1. The molecule has 5 N–H and O–H groups in total. The first-order valence-corrected chi connectivity index (χ1v) is 11.9. The second-order valence-electron chi connectivity index (χ2n) is 10.8. The van der Waals surface area contributed by atoms with Crippen LogP contribution in [-0.4, -0.2) is 45.2 Å². The summed E-state index contributed by atoms with van der Waals surface area (Å²) in [5.74, 6) is -0.156. The SMILES string of the molecule is CC(C)[C@H](NC(=O)[C@@H]1Cc2ccccc2N1C(=O)[C@@H]([NH3+])C(C)C)C(O)c1nnc(C(C)(C)C)o1.[Cl-]. The molecule has 1 unspecified atom stereocenters. The Hall–Kier alpha value is -2.49. The van der Waals surface area contributed by atoms with Gasteiger partial charge < -0.3 is 33.0 Å². The van der Waals surface area contributed by atoms with Crippen LogP contribution in [0, 0.1) is 11.8 Å². The number of quaternary nitrogens is 1. The lowest BCUT2D eigenvalue weighted by atomic mass is 9.96. The van der Waals surface area contributed by atoms with Gasteiger partial charge in [-0.2, -0.15) is 0 Å². The molecule has 10 heteroatoms. The summed E-state index contributed by atoms with van der Waals surface area (Å²) in [6.07, 6.45) is -0.787. The average molecular weight is 508 g/mol. The minimum atomic E-state index is -1.18. The summed E-state index contributed by atoms with van der Waals surface area (Å²) >= 11 is 0. The van der Waals surface area contributed by atoms with Crippen molar-refractivity contribution in [2.45, 2.75) is 84.5 Å². The smallest absolute Gasteiger partial charge is 0.286 e. The van der Waals surface area contributed by atoms with Crippen molar-refractivity contribution in [3.63, 3.8) is 0 Å². The Morgan fingerprint density at radius 2 is 1.77 bits per heavy atom. The molecule has 0 bridgehead atoms. The molecule has 2 aromatic rings. The van der Waals surface area contributed by atoms with Crippen molar-refractivity contribution >= 4 is 17.5 Å². The molecule has 1 aliphatic heterocycles. The molecule has 0 radical (unpaired) electrons. The van der Waals surface area contributed by atoms with E-state index < -0.39 is 24.2 Å². The number of aromatic nitrogens is 2. The third-order valence-electron chi connectivity index (χ3n) is 6.34. The van der Waals surface area contributed by atoms with Crippen molar-refractivity contribution < 1.29 is 37.3 Å². The van der Waals surface area contributed by atoms with Crippen LogP contribution in [0.4, 0.5) is 5.69 Å². The monoisotopic (exact) mass is 507 g/mol. The molecular weight excluding hydrogens is 470 g/mol. The molecule has 0 aliphatic carbocycles. The van der Waals surface area contributed by atoms with Crippen LogP contribution in [0.3, 0.4) is 0 Å². The number of nitrogens with one attached hydrogen (secondary N) is 1. The Balaban J connectivity index is 0.00000432. The van der Waals surface area contributed by atoms with Crippen LogP contribution >= 0.6 is 0 Å². The maximum atomic E-state index is 13.5. The van der Waals surface area contributed by atoms with Gasteiger partial charge in [0.25, 0.3) is 5.91 Å². The largest absolute Gasteiger partial charge is 1.00 e. The molecule has 2 amide bonds. The number of nitrogens with zero attached hydrogens (tertiary/aromatic N) is 3. The zero-order valence-corrected chi connectivity index (χ0v) is 22.3. The van der Waals surface area contributed by atoms with Gasteiger partial charge in [0, 0.05) is 23.4 Å². The molecule has 4 atom stereocenters. The molecule has 0 saturated heterocycles. The molecule has 1 aromatic carbocycles. The molecule has 3 rings (SSSR count). The number of hydrogen-bond donors (Lipinski definition) is 3. The summed E-state index contributed by atoms with van der Waals surface area (Å²) in [4.78, 5) is 28.4. The van der Waals surface area contributed by atoms with E-state index in [1.165, 1.54) is 0 Å². The average Bonchev–Trinajstić information content (AvgIpc) is 3.40.